The van der Waals surface area contributed by atoms with Crippen LogP contribution in [0.2, 0.25) is 0 Å². The van der Waals surface area contributed by atoms with Gasteiger partial charge in [0.1, 0.15) is 16.8 Å². The van der Waals surface area contributed by atoms with Gasteiger partial charge in [-0.15, -0.1) is 0 Å². The van der Waals surface area contributed by atoms with Crippen LogP contribution >= 0.6 is 11.6 Å². The molecular weight excluding hydrogens is 312 g/mol. The van der Waals surface area contributed by atoms with E-state index in [1.165, 1.54) is 18.9 Å². The summed E-state index contributed by atoms with van der Waals surface area (Å²) >= 11 is 5.71. The highest BCUT2D eigenvalue weighted by Crippen LogP contribution is 2.25. The Balaban J connectivity index is 1.85. The van der Waals surface area contributed by atoms with Gasteiger partial charge in [-0.3, -0.25) is 5.41 Å². The molecule has 0 aromatic carbocycles. The molecule has 3 rings (SSSR count). The number of hydrogen-bond acceptors (Lipinski definition) is 5. The molecule has 1 atom stereocenters. The number of anilines is 2. The minimum atomic E-state index is -0.0757. The Morgan fingerprint density at radius 2 is 2.39 bits per heavy atom. The van der Waals surface area contributed by atoms with Crippen molar-refractivity contribution in [1.29, 1.82) is 5.41 Å². The lowest BCUT2D eigenvalue weighted by molar-refractivity contribution is 0.727. The highest BCUT2D eigenvalue weighted by molar-refractivity contribution is 6.68. The SMILES string of the molecule is CC1CCCN1c1cccc(N/C(=C/C(=N)Cl)c2ncc[nH]2)n1. The van der Waals surface area contributed by atoms with Crippen LogP contribution in [-0.4, -0.2) is 32.7 Å². The Hall–Kier alpha value is -2.34. The van der Waals surface area contributed by atoms with Gasteiger partial charge in [-0.25, -0.2) is 9.97 Å². The lowest BCUT2D eigenvalue weighted by Crippen LogP contribution is -2.27. The second kappa shape index (κ2) is 6.83. The first kappa shape index (κ1) is 15.6. The molecule has 7 heteroatoms. The van der Waals surface area contributed by atoms with E-state index in [0.29, 0.717) is 23.4 Å². The topological polar surface area (TPSA) is 80.7 Å². The number of hydrogen-bond donors (Lipinski definition) is 3. The number of allylic oxidation sites excluding steroid dienone is 1. The summed E-state index contributed by atoms with van der Waals surface area (Å²) in [6, 6.07) is 6.39. The fourth-order valence-electron chi connectivity index (χ4n) is 2.77. The minimum absolute atomic E-state index is 0.0757. The summed E-state index contributed by atoms with van der Waals surface area (Å²) in [6.45, 7) is 3.25. The van der Waals surface area contributed by atoms with E-state index in [-0.39, 0.29) is 5.17 Å². The summed E-state index contributed by atoms with van der Waals surface area (Å²) in [6.07, 6.45) is 7.27. The Kier molecular flexibility index (Phi) is 4.62. The maximum absolute atomic E-state index is 7.48. The Labute approximate surface area is 140 Å². The van der Waals surface area contributed by atoms with Gasteiger partial charge in [-0.2, -0.15) is 0 Å². The molecular formula is C16H19ClN6. The third kappa shape index (κ3) is 3.71. The number of aromatic amines is 1. The number of halogens is 1. The predicted octanol–water partition coefficient (Wildman–Crippen LogP) is 3.46. The van der Waals surface area contributed by atoms with Crippen LogP contribution in [0.25, 0.3) is 5.70 Å². The predicted molar refractivity (Wildman–Crippen MR) is 94.0 cm³/mol. The molecule has 1 aliphatic rings. The first-order valence-corrected chi connectivity index (χ1v) is 7.97. The van der Waals surface area contributed by atoms with Crippen LogP contribution in [0.1, 0.15) is 25.6 Å². The van der Waals surface area contributed by atoms with Crippen molar-refractivity contribution in [3.05, 3.63) is 42.5 Å². The fraction of sp³-hybridized carbons (Fsp3) is 0.312. The molecule has 1 unspecified atom stereocenters. The van der Waals surface area contributed by atoms with Crippen LogP contribution in [0.5, 0.6) is 0 Å². The molecule has 0 amide bonds. The molecule has 3 N–H and O–H groups in total. The Morgan fingerprint density at radius 1 is 1.52 bits per heavy atom. The molecule has 2 aromatic rings. The van der Waals surface area contributed by atoms with Crippen molar-refractivity contribution in [2.45, 2.75) is 25.8 Å². The van der Waals surface area contributed by atoms with Gasteiger partial charge in [-0.1, -0.05) is 17.7 Å². The standard InChI is InChI=1S/C16H19ClN6/c1-11-4-3-9-23(11)15-6-2-5-14(22-15)21-12(10-13(17)18)16-19-7-8-20-16/h2,5-8,10-11,18H,3-4,9H2,1H3,(H,19,20)(H,21,22)/b12-10+,18-13?. The van der Waals surface area contributed by atoms with E-state index >= 15 is 0 Å². The van der Waals surface area contributed by atoms with Crippen molar-refractivity contribution in [2.24, 2.45) is 0 Å². The van der Waals surface area contributed by atoms with Crippen LogP contribution in [0, 0.1) is 5.41 Å². The molecule has 1 saturated heterocycles. The zero-order valence-electron chi connectivity index (χ0n) is 12.9. The van der Waals surface area contributed by atoms with Gasteiger partial charge >= 0.3 is 0 Å². The van der Waals surface area contributed by atoms with Crippen LogP contribution in [0.4, 0.5) is 11.6 Å². The minimum Gasteiger partial charge on any atom is -0.354 e. The number of rotatable bonds is 5. The zero-order valence-corrected chi connectivity index (χ0v) is 13.6. The Bertz CT molecular complexity index is 709. The quantitative estimate of drug-likeness (QED) is 0.733. The van der Waals surface area contributed by atoms with Crippen LogP contribution in [0.15, 0.2) is 36.7 Å². The highest BCUT2D eigenvalue weighted by atomic mass is 35.5. The number of pyridine rings is 1. The van der Waals surface area contributed by atoms with E-state index in [1.54, 1.807) is 12.4 Å². The first-order valence-electron chi connectivity index (χ1n) is 7.60. The maximum atomic E-state index is 7.48. The van der Waals surface area contributed by atoms with Crippen molar-refractivity contribution in [3.63, 3.8) is 0 Å². The molecule has 1 fully saturated rings. The molecule has 0 bridgehead atoms. The van der Waals surface area contributed by atoms with Gasteiger partial charge in [-0.05, 0) is 31.9 Å². The number of H-pyrrole nitrogens is 1. The lowest BCUT2D eigenvalue weighted by Gasteiger charge is -2.23. The van der Waals surface area contributed by atoms with E-state index in [0.717, 1.165) is 12.4 Å². The normalized spacial score (nSPS) is 18.3. The summed E-state index contributed by atoms with van der Waals surface area (Å²) < 4.78 is 0. The first-order chi connectivity index (χ1) is 11.1. The van der Waals surface area contributed by atoms with Crippen LogP contribution in [-0.2, 0) is 0 Å². The van der Waals surface area contributed by atoms with Crippen molar-refractivity contribution < 1.29 is 0 Å². The molecule has 0 spiro atoms. The molecule has 0 radical (unpaired) electrons. The number of aromatic nitrogens is 3. The van der Waals surface area contributed by atoms with E-state index in [9.17, 15) is 0 Å². The highest BCUT2D eigenvalue weighted by Gasteiger charge is 2.21. The van der Waals surface area contributed by atoms with Crippen molar-refractivity contribution in [1.82, 2.24) is 15.0 Å². The smallest absolute Gasteiger partial charge is 0.153 e. The van der Waals surface area contributed by atoms with E-state index in [4.69, 9.17) is 17.0 Å². The number of imidazole rings is 1. The van der Waals surface area contributed by atoms with Crippen molar-refractivity contribution >= 4 is 34.1 Å². The molecule has 120 valence electrons. The number of nitrogens with one attached hydrogen (secondary N) is 3. The van der Waals surface area contributed by atoms with Crippen LogP contribution < -0.4 is 10.2 Å². The largest absolute Gasteiger partial charge is 0.354 e. The van der Waals surface area contributed by atoms with Gasteiger partial charge in [0.2, 0.25) is 0 Å². The van der Waals surface area contributed by atoms with E-state index < -0.39 is 0 Å². The molecule has 0 aliphatic carbocycles. The summed E-state index contributed by atoms with van der Waals surface area (Å²) in [5.41, 5.74) is 0.606. The molecule has 23 heavy (non-hydrogen) atoms. The van der Waals surface area contributed by atoms with Gasteiger partial charge < -0.3 is 15.2 Å². The van der Waals surface area contributed by atoms with Gasteiger partial charge in [0.05, 0.1) is 5.70 Å². The summed E-state index contributed by atoms with van der Waals surface area (Å²) in [4.78, 5) is 14.2. The zero-order chi connectivity index (χ0) is 16.2. The summed E-state index contributed by atoms with van der Waals surface area (Å²) in [5.74, 6) is 2.26. The summed E-state index contributed by atoms with van der Waals surface area (Å²) in [5, 5.41) is 10.6. The monoisotopic (exact) mass is 330 g/mol. The van der Waals surface area contributed by atoms with Gasteiger partial charge in [0, 0.05) is 31.1 Å². The van der Waals surface area contributed by atoms with E-state index in [1.807, 2.05) is 18.2 Å². The fourth-order valence-corrected chi connectivity index (χ4v) is 2.88. The average molecular weight is 331 g/mol. The average Bonchev–Trinajstić information content (AvgIpc) is 3.17. The Morgan fingerprint density at radius 3 is 3.04 bits per heavy atom. The molecule has 0 saturated carbocycles. The number of nitrogens with zero attached hydrogens (tertiary/aromatic N) is 3. The third-order valence-electron chi connectivity index (χ3n) is 3.87. The second-order valence-electron chi connectivity index (χ2n) is 5.53. The molecule has 2 aromatic heterocycles. The van der Waals surface area contributed by atoms with Crippen molar-refractivity contribution in [3.8, 4) is 0 Å². The molecule has 6 nitrogen and oxygen atoms in total. The maximum Gasteiger partial charge on any atom is 0.153 e. The third-order valence-corrected chi connectivity index (χ3v) is 3.98. The lowest BCUT2D eigenvalue weighted by atomic mass is 10.2. The molecule has 3 heterocycles. The van der Waals surface area contributed by atoms with Gasteiger partial charge in [0.25, 0.3) is 0 Å². The van der Waals surface area contributed by atoms with Gasteiger partial charge in [0.15, 0.2) is 5.82 Å². The van der Waals surface area contributed by atoms with E-state index in [2.05, 4.69) is 32.1 Å². The molecule has 1 aliphatic heterocycles. The van der Waals surface area contributed by atoms with Crippen molar-refractivity contribution in [2.75, 3.05) is 16.8 Å². The summed E-state index contributed by atoms with van der Waals surface area (Å²) in [7, 11) is 0. The second-order valence-corrected chi connectivity index (χ2v) is 5.94. The van der Waals surface area contributed by atoms with Crippen LogP contribution in [0.3, 0.4) is 0 Å².